The molecule has 3 heteroatoms. The van der Waals surface area contributed by atoms with Gasteiger partial charge in [-0.25, -0.2) is 0 Å². The number of hydrogen-bond donors (Lipinski definition) is 0. The topological polar surface area (TPSA) is 26.3 Å². The van der Waals surface area contributed by atoms with E-state index >= 15 is 0 Å². The second-order valence-corrected chi connectivity index (χ2v) is 2.22. The van der Waals surface area contributed by atoms with Crippen LogP contribution in [0.1, 0.15) is 13.8 Å². The van der Waals surface area contributed by atoms with Crippen LogP contribution in [0.15, 0.2) is 25.0 Å². The Morgan fingerprint density at radius 2 is 1.91 bits per heavy atom. The normalized spacial score (nSPS) is 7.64. The van der Waals surface area contributed by atoms with Crippen molar-refractivity contribution < 1.29 is 9.53 Å². The molecule has 64 valence electrons. The molecule has 0 heterocycles. The maximum absolute atomic E-state index is 10.4. The van der Waals surface area contributed by atoms with Gasteiger partial charge in [0.1, 0.15) is 0 Å². The second kappa shape index (κ2) is 9.24. The van der Waals surface area contributed by atoms with Crippen LogP contribution in [0, 0.1) is 5.92 Å². The van der Waals surface area contributed by atoms with Crippen LogP contribution in [0.4, 0.5) is 0 Å². The van der Waals surface area contributed by atoms with Crippen LogP contribution in [-0.4, -0.2) is 5.97 Å². The third-order valence-corrected chi connectivity index (χ3v) is 0.671. The summed E-state index contributed by atoms with van der Waals surface area (Å²) in [5.74, 6) is -0.298. The van der Waals surface area contributed by atoms with E-state index in [0.717, 1.165) is 6.26 Å². The predicted molar refractivity (Wildman–Crippen MR) is 47.2 cm³/mol. The van der Waals surface area contributed by atoms with Crippen LogP contribution in [0.25, 0.3) is 0 Å². The Balaban J connectivity index is 0. The van der Waals surface area contributed by atoms with Crippen LogP contribution in [0.2, 0.25) is 0 Å². The van der Waals surface area contributed by atoms with E-state index in [-0.39, 0.29) is 11.9 Å². The Labute approximate surface area is 72.5 Å². The molecule has 0 unspecified atom stereocenters. The molecular formula is C8H13ClO2. The molecule has 0 fully saturated rings. The number of halogens is 1. The van der Waals surface area contributed by atoms with Gasteiger partial charge in [0.25, 0.3) is 0 Å². The maximum Gasteiger partial charge on any atom is 0.313 e. The quantitative estimate of drug-likeness (QED) is 0.478. The molecule has 0 saturated heterocycles. The fourth-order valence-corrected chi connectivity index (χ4v) is 0.218. The average Bonchev–Trinajstić information content (AvgIpc) is 1.90. The molecule has 0 aliphatic rings. The Morgan fingerprint density at radius 3 is 2.00 bits per heavy atom. The van der Waals surface area contributed by atoms with Crippen molar-refractivity contribution in [3.05, 3.63) is 25.0 Å². The van der Waals surface area contributed by atoms with Gasteiger partial charge in [0.05, 0.1) is 12.2 Å². The van der Waals surface area contributed by atoms with E-state index in [1.807, 2.05) is 0 Å². The molecule has 0 spiro atoms. The van der Waals surface area contributed by atoms with Crippen molar-refractivity contribution in [3.8, 4) is 0 Å². The number of carbonyl (C=O) groups is 1. The Bertz CT molecular complexity index is 130. The Morgan fingerprint density at radius 1 is 1.55 bits per heavy atom. The summed E-state index contributed by atoms with van der Waals surface area (Å²) in [7, 11) is 0. The third kappa shape index (κ3) is 12.4. The smallest absolute Gasteiger partial charge is 0.313 e. The largest absolute Gasteiger partial charge is 0.435 e. The second-order valence-electron chi connectivity index (χ2n) is 1.91. The van der Waals surface area contributed by atoms with Gasteiger partial charge in [0, 0.05) is 0 Å². The van der Waals surface area contributed by atoms with Crippen LogP contribution < -0.4 is 0 Å². The van der Waals surface area contributed by atoms with Gasteiger partial charge in [0.15, 0.2) is 0 Å². The van der Waals surface area contributed by atoms with Crippen molar-refractivity contribution in [2.24, 2.45) is 5.92 Å². The van der Waals surface area contributed by atoms with Crippen molar-refractivity contribution in [2.45, 2.75) is 13.8 Å². The maximum atomic E-state index is 10.4. The lowest BCUT2D eigenvalue weighted by atomic mass is 10.2. The minimum Gasteiger partial charge on any atom is -0.435 e. The summed E-state index contributed by atoms with van der Waals surface area (Å²) in [5.41, 5.74) is 1.22. The van der Waals surface area contributed by atoms with E-state index < -0.39 is 0 Å². The first-order valence-electron chi connectivity index (χ1n) is 3.12. The fraction of sp³-hybridized carbons (Fsp3) is 0.375. The van der Waals surface area contributed by atoms with Crippen molar-refractivity contribution in [3.63, 3.8) is 0 Å². The zero-order valence-corrected chi connectivity index (χ0v) is 7.60. The van der Waals surface area contributed by atoms with Crippen molar-refractivity contribution >= 4 is 17.6 Å². The Hall–Kier alpha value is -0.760. The standard InChI is InChI=1S/C6H10O2.C2H3Cl/c1-4-8-6(7)5(2)3;1-2-3/h4-5H,1H2,2-3H3;2H,1H2. The molecule has 0 aromatic heterocycles. The molecule has 11 heavy (non-hydrogen) atoms. The van der Waals surface area contributed by atoms with Crippen LogP contribution in [0.3, 0.4) is 0 Å². The molecule has 0 rings (SSSR count). The van der Waals surface area contributed by atoms with E-state index in [4.69, 9.17) is 11.6 Å². The van der Waals surface area contributed by atoms with Crippen LogP contribution in [-0.2, 0) is 9.53 Å². The van der Waals surface area contributed by atoms with Gasteiger partial charge in [0.2, 0.25) is 0 Å². The van der Waals surface area contributed by atoms with Gasteiger partial charge < -0.3 is 4.74 Å². The SMILES string of the molecule is C=CCl.C=COC(=O)C(C)C. The summed E-state index contributed by atoms with van der Waals surface area (Å²) in [5, 5.41) is 0. The molecule has 0 aromatic rings. The molecule has 0 amide bonds. The molecule has 2 nitrogen and oxygen atoms in total. The highest BCUT2D eigenvalue weighted by molar-refractivity contribution is 6.25. The molecule has 0 aliphatic carbocycles. The number of esters is 1. The lowest BCUT2D eigenvalue weighted by Gasteiger charge is -1.98. The molecule has 0 aromatic carbocycles. The molecule has 0 N–H and O–H groups in total. The lowest BCUT2D eigenvalue weighted by Crippen LogP contribution is -2.07. The number of rotatable bonds is 2. The zero-order chi connectivity index (χ0) is 9.28. The summed E-state index contributed by atoms with van der Waals surface area (Å²) >= 11 is 4.76. The highest BCUT2D eigenvalue weighted by Crippen LogP contribution is 1.94. The van der Waals surface area contributed by atoms with Gasteiger partial charge >= 0.3 is 5.97 Å². The van der Waals surface area contributed by atoms with E-state index in [2.05, 4.69) is 17.9 Å². The average molecular weight is 177 g/mol. The first-order chi connectivity index (χ1) is 5.09. The summed E-state index contributed by atoms with van der Waals surface area (Å²) in [6.45, 7) is 9.91. The van der Waals surface area contributed by atoms with Crippen LogP contribution in [0.5, 0.6) is 0 Å². The molecule has 0 bridgehead atoms. The summed E-state index contributed by atoms with van der Waals surface area (Å²) in [6, 6.07) is 0. The van der Waals surface area contributed by atoms with E-state index in [9.17, 15) is 4.79 Å². The third-order valence-electron chi connectivity index (χ3n) is 0.671. The van der Waals surface area contributed by atoms with Gasteiger partial charge in [-0.05, 0) is 5.54 Å². The number of carbonyl (C=O) groups excluding carboxylic acids is 1. The van der Waals surface area contributed by atoms with E-state index in [0.29, 0.717) is 0 Å². The van der Waals surface area contributed by atoms with Gasteiger partial charge in [-0.3, -0.25) is 4.79 Å². The summed E-state index contributed by atoms with van der Waals surface area (Å²) in [6.07, 6.45) is 1.14. The highest BCUT2D eigenvalue weighted by atomic mass is 35.5. The van der Waals surface area contributed by atoms with Gasteiger partial charge in [-0.1, -0.05) is 38.6 Å². The Kier molecular flexibility index (Phi) is 10.8. The van der Waals surface area contributed by atoms with Gasteiger partial charge in [-0.15, -0.1) is 0 Å². The minimum absolute atomic E-state index is 0.0620. The molecular weight excluding hydrogens is 164 g/mol. The minimum atomic E-state index is -0.236. The summed E-state index contributed by atoms with van der Waals surface area (Å²) in [4.78, 5) is 10.4. The highest BCUT2D eigenvalue weighted by Gasteiger charge is 2.04. The van der Waals surface area contributed by atoms with Crippen molar-refractivity contribution in [2.75, 3.05) is 0 Å². The summed E-state index contributed by atoms with van der Waals surface area (Å²) < 4.78 is 4.43. The monoisotopic (exact) mass is 176 g/mol. The first-order valence-corrected chi connectivity index (χ1v) is 3.56. The van der Waals surface area contributed by atoms with E-state index in [1.165, 1.54) is 5.54 Å². The van der Waals surface area contributed by atoms with Crippen molar-refractivity contribution in [1.82, 2.24) is 0 Å². The number of hydrogen-bond acceptors (Lipinski definition) is 2. The molecule has 0 saturated carbocycles. The first kappa shape index (κ1) is 12.9. The van der Waals surface area contributed by atoms with Crippen molar-refractivity contribution in [1.29, 1.82) is 0 Å². The van der Waals surface area contributed by atoms with Crippen LogP contribution >= 0.6 is 11.6 Å². The molecule has 0 radical (unpaired) electrons. The fourth-order valence-electron chi connectivity index (χ4n) is 0.218. The molecule has 0 aliphatic heterocycles. The molecule has 0 atom stereocenters. The predicted octanol–water partition coefficient (Wildman–Crippen LogP) is 2.70. The number of ether oxygens (including phenoxy) is 1. The van der Waals surface area contributed by atoms with E-state index in [1.54, 1.807) is 13.8 Å². The zero-order valence-electron chi connectivity index (χ0n) is 6.84. The lowest BCUT2D eigenvalue weighted by molar-refractivity contribution is -0.141. The van der Waals surface area contributed by atoms with Gasteiger partial charge in [-0.2, -0.15) is 0 Å².